The summed E-state index contributed by atoms with van der Waals surface area (Å²) in [5, 5.41) is 8.69. The van der Waals surface area contributed by atoms with Crippen molar-refractivity contribution < 1.29 is 14.3 Å². The van der Waals surface area contributed by atoms with Crippen molar-refractivity contribution in [3.8, 4) is 5.75 Å². The molecule has 3 aromatic carbocycles. The van der Waals surface area contributed by atoms with Gasteiger partial charge >= 0.3 is 0 Å². The van der Waals surface area contributed by atoms with Gasteiger partial charge in [-0.15, -0.1) is 0 Å². The molecule has 6 nitrogen and oxygen atoms in total. The monoisotopic (exact) mass is 375 g/mol. The van der Waals surface area contributed by atoms with Crippen LogP contribution in [0.1, 0.15) is 22.8 Å². The lowest BCUT2D eigenvalue weighted by Gasteiger charge is -2.06. The molecule has 0 radical (unpaired) electrons. The molecule has 3 aromatic rings. The molecule has 0 spiro atoms. The normalized spacial score (nSPS) is 10.8. The van der Waals surface area contributed by atoms with Gasteiger partial charge < -0.3 is 10.1 Å². The molecule has 6 heteroatoms. The number of ether oxygens (including phenoxy) is 1. The zero-order valence-electron chi connectivity index (χ0n) is 15.5. The molecule has 0 unspecified atom stereocenters. The van der Waals surface area contributed by atoms with Crippen molar-refractivity contribution in [2.75, 3.05) is 13.2 Å². The van der Waals surface area contributed by atoms with Crippen molar-refractivity contribution in [1.82, 2.24) is 10.7 Å². The van der Waals surface area contributed by atoms with Crippen LogP contribution in [-0.4, -0.2) is 31.2 Å². The lowest BCUT2D eigenvalue weighted by Crippen LogP contribution is -2.34. The van der Waals surface area contributed by atoms with Crippen LogP contribution in [-0.2, 0) is 4.79 Å². The highest BCUT2D eigenvalue weighted by molar-refractivity contribution is 6.00. The van der Waals surface area contributed by atoms with Gasteiger partial charge in [-0.25, -0.2) is 5.43 Å². The first-order valence-electron chi connectivity index (χ1n) is 8.98. The standard InChI is InChI=1S/C22H21N3O3/c1-2-28-19-12-10-17(11-13-19)22(27)23-15-21(26)25-24-14-18-8-5-7-16-6-3-4-9-20(16)18/h3-14H,2,15H2,1H3,(H,23,27)(H,25,26)/b24-14+. The molecule has 28 heavy (non-hydrogen) atoms. The minimum Gasteiger partial charge on any atom is -0.494 e. The molecule has 0 saturated heterocycles. The summed E-state index contributed by atoms with van der Waals surface area (Å²) in [5.74, 6) is -0.0495. The molecule has 0 aliphatic carbocycles. The van der Waals surface area contributed by atoms with E-state index >= 15 is 0 Å². The number of rotatable bonds is 7. The van der Waals surface area contributed by atoms with Crippen molar-refractivity contribution in [3.05, 3.63) is 77.9 Å². The lowest BCUT2D eigenvalue weighted by atomic mass is 10.1. The van der Waals surface area contributed by atoms with Gasteiger partial charge in [-0.2, -0.15) is 5.10 Å². The van der Waals surface area contributed by atoms with Crippen LogP contribution in [0.3, 0.4) is 0 Å². The van der Waals surface area contributed by atoms with E-state index in [0.717, 1.165) is 16.3 Å². The average molecular weight is 375 g/mol. The van der Waals surface area contributed by atoms with E-state index < -0.39 is 5.91 Å². The van der Waals surface area contributed by atoms with Crippen LogP contribution >= 0.6 is 0 Å². The summed E-state index contributed by atoms with van der Waals surface area (Å²) in [4.78, 5) is 24.0. The summed E-state index contributed by atoms with van der Waals surface area (Å²) in [6, 6.07) is 20.5. The lowest BCUT2D eigenvalue weighted by molar-refractivity contribution is -0.120. The molecular formula is C22H21N3O3. The molecule has 142 valence electrons. The summed E-state index contributed by atoms with van der Waals surface area (Å²) in [5.41, 5.74) is 3.78. The molecule has 0 fully saturated rings. The fraction of sp³-hybridized carbons (Fsp3) is 0.136. The molecule has 0 atom stereocenters. The Morgan fingerprint density at radius 3 is 2.54 bits per heavy atom. The molecule has 0 aromatic heterocycles. The van der Waals surface area contributed by atoms with Gasteiger partial charge in [0.25, 0.3) is 11.8 Å². The number of hydrogen-bond acceptors (Lipinski definition) is 4. The Balaban J connectivity index is 1.51. The number of nitrogens with one attached hydrogen (secondary N) is 2. The van der Waals surface area contributed by atoms with E-state index in [9.17, 15) is 9.59 Å². The summed E-state index contributed by atoms with van der Waals surface area (Å²) in [6.07, 6.45) is 1.59. The Morgan fingerprint density at radius 2 is 1.75 bits per heavy atom. The second-order valence-electron chi connectivity index (χ2n) is 6.00. The number of hydrogen-bond donors (Lipinski definition) is 2. The first-order valence-corrected chi connectivity index (χ1v) is 8.98. The quantitative estimate of drug-likeness (QED) is 0.492. The molecular weight excluding hydrogens is 354 g/mol. The topological polar surface area (TPSA) is 79.8 Å². The van der Waals surface area contributed by atoms with Crippen LogP contribution in [0.25, 0.3) is 10.8 Å². The van der Waals surface area contributed by atoms with E-state index in [4.69, 9.17) is 4.74 Å². The number of carbonyl (C=O) groups is 2. The van der Waals surface area contributed by atoms with Crippen LogP contribution in [0.15, 0.2) is 71.8 Å². The third-order valence-electron chi connectivity index (χ3n) is 4.05. The average Bonchev–Trinajstić information content (AvgIpc) is 2.73. The maximum absolute atomic E-state index is 12.1. The molecule has 3 rings (SSSR count). The van der Waals surface area contributed by atoms with E-state index in [1.54, 1.807) is 30.5 Å². The molecule has 0 aliphatic heterocycles. The Kier molecular flexibility index (Phi) is 6.36. The Bertz CT molecular complexity index is 992. The third kappa shape index (κ3) is 4.94. The molecule has 0 heterocycles. The number of amides is 2. The molecule has 2 N–H and O–H groups in total. The van der Waals surface area contributed by atoms with E-state index in [-0.39, 0.29) is 12.5 Å². The number of benzene rings is 3. The number of carbonyl (C=O) groups excluding carboxylic acids is 2. The zero-order chi connectivity index (χ0) is 19.8. The van der Waals surface area contributed by atoms with Crippen LogP contribution in [0.4, 0.5) is 0 Å². The predicted octanol–water partition coefficient (Wildman–Crippen LogP) is 3.12. The Morgan fingerprint density at radius 1 is 1.00 bits per heavy atom. The van der Waals surface area contributed by atoms with Crippen LogP contribution in [0, 0.1) is 0 Å². The van der Waals surface area contributed by atoms with Gasteiger partial charge in [-0.1, -0.05) is 42.5 Å². The molecule has 2 amide bonds. The van der Waals surface area contributed by atoms with Gasteiger partial charge in [0.15, 0.2) is 0 Å². The van der Waals surface area contributed by atoms with Gasteiger partial charge in [0, 0.05) is 11.1 Å². The van der Waals surface area contributed by atoms with E-state index in [0.29, 0.717) is 17.9 Å². The first-order chi connectivity index (χ1) is 13.7. The summed E-state index contributed by atoms with van der Waals surface area (Å²) < 4.78 is 5.33. The fourth-order valence-electron chi connectivity index (χ4n) is 2.71. The van der Waals surface area contributed by atoms with Crippen LogP contribution < -0.4 is 15.5 Å². The zero-order valence-corrected chi connectivity index (χ0v) is 15.5. The number of fused-ring (bicyclic) bond motifs is 1. The minimum atomic E-state index is -0.407. The minimum absolute atomic E-state index is 0.168. The fourth-order valence-corrected chi connectivity index (χ4v) is 2.71. The molecule has 0 bridgehead atoms. The maximum Gasteiger partial charge on any atom is 0.259 e. The maximum atomic E-state index is 12.1. The third-order valence-corrected chi connectivity index (χ3v) is 4.05. The van der Waals surface area contributed by atoms with Crippen LogP contribution in [0.2, 0.25) is 0 Å². The van der Waals surface area contributed by atoms with Crippen molar-refractivity contribution in [2.24, 2.45) is 5.10 Å². The summed E-state index contributed by atoms with van der Waals surface area (Å²) in [6.45, 7) is 2.28. The van der Waals surface area contributed by atoms with Crippen LogP contribution in [0.5, 0.6) is 5.75 Å². The molecule has 0 saturated carbocycles. The predicted molar refractivity (Wildman–Crippen MR) is 110 cm³/mol. The smallest absolute Gasteiger partial charge is 0.259 e. The highest BCUT2D eigenvalue weighted by Gasteiger charge is 2.08. The second-order valence-corrected chi connectivity index (χ2v) is 6.00. The van der Waals surface area contributed by atoms with Gasteiger partial charge in [-0.3, -0.25) is 9.59 Å². The molecule has 0 aliphatic rings. The van der Waals surface area contributed by atoms with Gasteiger partial charge in [0.1, 0.15) is 5.75 Å². The Hall–Kier alpha value is -3.67. The van der Waals surface area contributed by atoms with Gasteiger partial charge in [-0.05, 0) is 42.0 Å². The number of hydrazone groups is 1. The van der Waals surface area contributed by atoms with E-state index in [1.165, 1.54) is 0 Å². The highest BCUT2D eigenvalue weighted by Crippen LogP contribution is 2.16. The highest BCUT2D eigenvalue weighted by atomic mass is 16.5. The van der Waals surface area contributed by atoms with E-state index in [1.807, 2.05) is 49.4 Å². The van der Waals surface area contributed by atoms with Crippen molar-refractivity contribution >= 4 is 28.8 Å². The number of nitrogens with zero attached hydrogens (tertiary/aromatic N) is 1. The largest absolute Gasteiger partial charge is 0.494 e. The summed E-state index contributed by atoms with van der Waals surface area (Å²) >= 11 is 0. The summed E-state index contributed by atoms with van der Waals surface area (Å²) in [7, 11) is 0. The first kappa shape index (κ1) is 19.1. The van der Waals surface area contributed by atoms with E-state index in [2.05, 4.69) is 15.8 Å². The second kappa shape index (κ2) is 9.32. The van der Waals surface area contributed by atoms with Crippen molar-refractivity contribution in [2.45, 2.75) is 6.92 Å². The van der Waals surface area contributed by atoms with Crippen molar-refractivity contribution in [3.63, 3.8) is 0 Å². The van der Waals surface area contributed by atoms with Gasteiger partial charge in [0.2, 0.25) is 0 Å². The van der Waals surface area contributed by atoms with Crippen molar-refractivity contribution in [1.29, 1.82) is 0 Å². The SMILES string of the molecule is CCOc1ccc(C(=O)NCC(=O)N/N=C/c2cccc3ccccc23)cc1. The van der Waals surface area contributed by atoms with Gasteiger partial charge in [0.05, 0.1) is 19.4 Å². The Labute approximate surface area is 163 Å².